The van der Waals surface area contributed by atoms with Gasteiger partial charge in [-0.3, -0.25) is 4.79 Å². The topological polar surface area (TPSA) is 105 Å². The van der Waals surface area contributed by atoms with Gasteiger partial charge < -0.3 is 20.5 Å². The number of hydrogen-bond donors (Lipinski definition) is 3. The highest BCUT2D eigenvalue weighted by atomic mass is 16.5. The molecule has 2 aromatic carbocycles. The minimum Gasteiger partial charge on any atom is -0.480 e. The first-order valence-electron chi connectivity index (χ1n) is 11.1. The summed E-state index contributed by atoms with van der Waals surface area (Å²) in [4.78, 5) is 35.3. The van der Waals surface area contributed by atoms with Crippen LogP contribution in [0.3, 0.4) is 0 Å². The number of carbonyl (C=O) groups excluding carboxylic acids is 2. The van der Waals surface area contributed by atoms with E-state index in [9.17, 15) is 19.5 Å². The van der Waals surface area contributed by atoms with Crippen molar-refractivity contribution in [2.24, 2.45) is 0 Å². The molecule has 7 heteroatoms. The third-order valence-corrected chi connectivity index (χ3v) is 5.65. The summed E-state index contributed by atoms with van der Waals surface area (Å²) in [6.07, 6.45) is 2.01. The number of hydrogen-bond acceptors (Lipinski definition) is 4. The minimum absolute atomic E-state index is 0.000882. The Morgan fingerprint density at radius 2 is 1.62 bits per heavy atom. The van der Waals surface area contributed by atoms with Crippen molar-refractivity contribution in [1.82, 2.24) is 10.6 Å². The molecule has 3 rings (SSSR count). The van der Waals surface area contributed by atoms with Gasteiger partial charge >= 0.3 is 12.1 Å². The maximum Gasteiger partial charge on any atom is 0.407 e. The van der Waals surface area contributed by atoms with Crippen LogP contribution in [0.5, 0.6) is 0 Å². The highest BCUT2D eigenvalue weighted by Crippen LogP contribution is 2.44. The second-order valence-electron chi connectivity index (χ2n) is 7.96. The number of unbranched alkanes of at least 4 members (excludes halogenated alkanes) is 1. The van der Waals surface area contributed by atoms with Crippen molar-refractivity contribution >= 4 is 18.0 Å². The Hall–Kier alpha value is -3.35. The minimum atomic E-state index is -1.10. The van der Waals surface area contributed by atoms with Gasteiger partial charge in [0.05, 0.1) is 0 Å². The Balaban J connectivity index is 1.49. The summed E-state index contributed by atoms with van der Waals surface area (Å²) in [5.74, 6) is -1.18. The number of nitrogens with one attached hydrogen (secondary N) is 2. The van der Waals surface area contributed by atoms with Crippen LogP contribution in [-0.4, -0.2) is 42.3 Å². The first kappa shape index (κ1) is 23.3. The molecule has 2 amide bonds. The van der Waals surface area contributed by atoms with Crippen molar-refractivity contribution in [1.29, 1.82) is 0 Å². The summed E-state index contributed by atoms with van der Waals surface area (Å²) in [6, 6.07) is 15.0. The number of aliphatic carboxylic acids is 1. The van der Waals surface area contributed by atoms with E-state index in [4.69, 9.17) is 4.74 Å². The van der Waals surface area contributed by atoms with Gasteiger partial charge in [0.25, 0.3) is 0 Å². The van der Waals surface area contributed by atoms with Gasteiger partial charge in [0.15, 0.2) is 0 Å². The van der Waals surface area contributed by atoms with Crippen molar-refractivity contribution in [2.75, 3.05) is 13.2 Å². The quantitative estimate of drug-likeness (QED) is 0.459. The molecule has 170 valence electrons. The highest BCUT2D eigenvalue weighted by Gasteiger charge is 2.29. The first-order valence-corrected chi connectivity index (χ1v) is 11.1. The zero-order valence-electron chi connectivity index (χ0n) is 18.3. The Morgan fingerprint density at radius 1 is 1.00 bits per heavy atom. The lowest BCUT2D eigenvalue weighted by Crippen LogP contribution is -2.41. The van der Waals surface area contributed by atoms with E-state index in [1.807, 2.05) is 43.3 Å². The summed E-state index contributed by atoms with van der Waals surface area (Å²) in [5.41, 5.74) is 4.46. The number of amides is 2. The van der Waals surface area contributed by atoms with Crippen LogP contribution in [0.15, 0.2) is 48.5 Å². The molecule has 0 saturated heterocycles. The molecule has 1 aliphatic rings. The normalized spacial score (nSPS) is 13.0. The monoisotopic (exact) mass is 438 g/mol. The standard InChI is InChI=1S/C25H30N2O5/c1-2-9-23(28)26-15-8-7-14-22(24(29)30)27-25(31)32-16-21-19-12-5-3-10-17(19)18-11-4-6-13-20(18)21/h3-6,10-13,21-22H,2,7-9,14-16H2,1H3,(H,26,28)(H,27,31)(H,29,30)/t22-/m1/s1. The highest BCUT2D eigenvalue weighted by molar-refractivity contribution is 5.81. The average molecular weight is 439 g/mol. The van der Waals surface area contributed by atoms with Crippen LogP contribution in [0.2, 0.25) is 0 Å². The van der Waals surface area contributed by atoms with Gasteiger partial charge in [0.2, 0.25) is 5.91 Å². The van der Waals surface area contributed by atoms with Crippen molar-refractivity contribution in [3.8, 4) is 11.1 Å². The van der Waals surface area contributed by atoms with Crippen LogP contribution in [0.4, 0.5) is 4.79 Å². The molecular formula is C25H30N2O5. The van der Waals surface area contributed by atoms with Crippen molar-refractivity contribution in [3.63, 3.8) is 0 Å². The predicted molar refractivity (Wildman–Crippen MR) is 121 cm³/mol. The molecular weight excluding hydrogens is 408 g/mol. The summed E-state index contributed by atoms with van der Waals surface area (Å²) >= 11 is 0. The van der Waals surface area contributed by atoms with Crippen LogP contribution in [0.1, 0.15) is 56.1 Å². The molecule has 0 radical (unpaired) electrons. The number of benzene rings is 2. The van der Waals surface area contributed by atoms with Gasteiger partial charge in [-0.15, -0.1) is 0 Å². The molecule has 1 aliphatic carbocycles. The van der Waals surface area contributed by atoms with E-state index < -0.39 is 18.1 Å². The third-order valence-electron chi connectivity index (χ3n) is 5.65. The zero-order valence-corrected chi connectivity index (χ0v) is 18.3. The number of fused-ring (bicyclic) bond motifs is 3. The van der Waals surface area contributed by atoms with E-state index in [1.54, 1.807) is 0 Å². The summed E-state index contributed by atoms with van der Waals surface area (Å²) in [5, 5.41) is 14.7. The number of alkyl carbamates (subject to hydrolysis) is 1. The SMILES string of the molecule is CCCC(=O)NCCCC[C@@H](NC(=O)OCC1c2ccccc2-c2ccccc21)C(=O)O. The average Bonchev–Trinajstić information content (AvgIpc) is 3.10. The van der Waals surface area contributed by atoms with Gasteiger partial charge in [-0.25, -0.2) is 9.59 Å². The molecule has 0 aromatic heterocycles. The second-order valence-corrected chi connectivity index (χ2v) is 7.96. The van der Waals surface area contributed by atoms with Crippen molar-refractivity contribution in [3.05, 3.63) is 59.7 Å². The molecule has 0 heterocycles. The number of carboxylic acids is 1. The summed E-state index contributed by atoms with van der Waals surface area (Å²) in [6.45, 7) is 2.57. The largest absolute Gasteiger partial charge is 0.480 e. The fourth-order valence-corrected chi connectivity index (χ4v) is 4.06. The maximum atomic E-state index is 12.3. The van der Waals surface area contributed by atoms with E-state index in [-0.39, 0.29) is 24.9 Å². The van der Waals surface area contributed by atoms with Crippen LogP contribution >= 0.6 is 0 Å². The Labute approximate surface area is 188 Å². The fourth-order valence-electron chi connectivity index (χ4n) is 4.06. The van der Waals surface area contributed by atoms with E-state index in [0.29, 0.717) is 25.8 Å². The summed E-state index contributed by atoms with van der Waals surface area (Å²) in [7, 11) is 0. The van der Waals surface area contributed by atoms with Gasteiger partial charge in [-0.1, -0.05) is 55.5 Å². The van der Waals surface area contributed by atoms with E-state index >= 15 is 0 Å². The van der Waals surface area contributed by atoms with E-state index in [1.165, 1.54) is 0 Å². The maximum absolute atomic E-state index is 12.3. The molecule has 0 unspecified atom stereocenters. The molecule has 3 N–H and O–H groups in total. The third kappa shape index (κ3) is 5.87. The molecule has 2 aromatic rings. The Morgan fingerprint density at radius 3 is 2.22 bits per heavy atom. The Kier molecular flexibility index (Phi) is 8.25. The van der Waals surface area contributed by atoms with Crippen LogP contribution in [-0.2, 0) is 14.3 Å². The zero-order chi connectivity index (χ0) is 22.9. The molecule has 0 bridgehead atoms. The summed E-state index contributed by atoms with van der Waals surface area (Å²) < 4.78 is 5.44. The van der Waals surface area contributed by atoms with Crippen molar-refractivity contribution in [2.45, 2.75) is 51.0 Å². The lowest BCUT2D eigenvalue weighted by atomic mass is 9.98. The van der Waals surface area contributed by atoms with Gasteiger partial charge in [-0.2, -0.15) is 0 Å². The van der Waals surface area contributed by atoms with Crippen LogP contribution in [0, 0.1) is 0 Å². The van der Waals surface area contributed by atoms with Crippen molar-refractivity contribution < 1.29 is 24.2 Å². The number of carboxylic acid groups (broad SMARTS) is 1. The molecule has 0 aliphatic heterocycles. The lowest BCUT2D eigenvalue weighted by molar-refractivity contribution is -0.139. The van der Waals surface area contributed by atoms with Crippen LogP contribution < -0.4 is 10.6 Å². The molecule has 0 fully saturated rings. The molecule has 32 heavy (non-hydrogen) atoms. The molecule has 7 nitrogen and oxygen atoms in total. The molecule has 1 atom stereocenters. The molecule has 0 spiro atoms. The van der Waals surface area contributed by atoms with E-state index in [0.717, 1.165) is 28.7 Å². The molecule has 0 saturated carbocycles. The second kappa shape index (κ2) is 11.3. The fraction of sp³-hybridized carbons (Fsp3) is 0.400. The lowest BCUT2D eigenvalue weighted by Gasteiger charge is -2.17. The van der Waals surface area contributed by atoms with Gasteiger partial charge in [0.1, 0.15) is 12.6 Å². The number of ether oxygens (including phenoxy) is 1. The van der Waals surface area contributed by atoms with Gasteiger partial charge in [-0.05, 0) is 47.9 Å². The van der Waals surface area contributed by atoms with Gasteiger partial charge in [0, 0.05) is 18.9 Å². The van der Waals surface area contributed by atoms with E-state index in [2.05, 4.69) is 22.8 Å². The smallest absolute Gasteiger partial charge is 0.407 e. The Bertz CT molecular complexity index is 913. The predicted octanol–water partition coefficient (Wildman–Crippen LogP) is 4.06. The number of rotatable bonds is 11. The van der Waals surface area contributed by atoms with Crippen LogP contribution in [0.25, 0.3) is 11.1 Å². The number of carbonyl (C=O) groups is 3. The first-order chi connectivity index (χ1) is 15.5.